The molecule has 1 fully saturated rings. The van der Waals surface area contributed by atoms with Crippen molar-refractivity contribution >= 4 is 28.7 Å². The molecule has 0 radical (unpaired) electrons. The molecular weight excluding hydrogens is 474 g/mol. The van der Waals surface area contributed by atoms with Crippen molar-refractivity contribution in [1.82, 2.24) is 24.4 Å². The molecule has 0 spiro atoms. The molecule has 1 aliphatic heterocycles. The van der Waals surface area contributed by atoms with E-state index in [1.165, 1.54) is 43.2 Å². The minimum Gasteiger partial charge on any atom is -0.464 e. The number of fused-ring (bicyclic) bond motifs is 1. The molecule has 3 aromatic rings. The lowest BCUT2D eigenvalue weighted by Gasteiger charge is -2.36. The van der Waals surface area contributed by atoms with Crippen LogP contribution in [-0.4, -0.2) is 56.5 Å². The smallest absolute Gasteiger partial charge is 0.359 e. The Balaban J connectivity index is 1.74. The molecule has 1 saturated heterocycles. The number of piperidine rings is 1. The van der Waals surface area contributed by atoms with Crippen LogP contribution in [0.4, 0.5) is 14.6 Å². The molecule has 1 atom stereocenters. The summed E-state index contributed by atoms with van der Waals surface area (Å²) < 4.78 is 36.9. The van der Waals surface area contributed by atoms with Crippen molar-refractivity contribution in [2.24, 2.45) is 7.05 Å². The molecule has 12 heteroatoms. The topological polar surface area (TPSA) is 119 Å². The first kappa shape index (κ1) is 25.1. The quantitative estimate of drug-likeness (QED) is 0.531. The normalized spacial score (nSPS) is 16.0. The predicted octanol–water partition coefficient (Wildman–Crippen LogP) is 2.63. The zero-order chi connectivity index (χ0) is 26.2. The number of amides is 1. The lowest BCUT2D eigenvalue weighted by atomic mass is 9.86. The number of nitrogens with zero attached hydrogens (tertiary/aromatic N) is 5. The van der Waals surface area contributed by atoms with E-state index >= 15 is 4.39 Å². The van der Waals surface area contributed by atoms with Crippen LogP contribution >= 0.6 is 0 Å². The third-order valence-corrected chi connectivity index (χ3v) is 6.61. The van der Waals surface area contributed by atoms with E-state index in [0.717, 1.165) is 7.11 Å². The first-order valence-corrected chi connectivity index (χ1v) is 11.4. The number of rotatable bonds is 5. The Morgan fingerprint density at radius 2 is 1.92 bits per heavy atom. The number of methoxy groups -OCH3 is 1. The van der Waals surface area contributed by atoms with E-state index in [1.807, 2.05) is 0 Å². The van der Waals surface area contributed by atoms with Gasteiger partial charge < -0.3 is 15.0 Å². The van der Waals surface area contributed by atoms with Gasteiger partial charge >= 0.3 is 5.97 Å². The molecule has 1 N–H and O–H groups in total. The molecule has 190 valence electrons. The van der Waals surface area contributed by atoms with Crippen molar-refractivity contribution in [3.63, 3.8) is 0 Å². The van der Waals surface area contributed by atoms with E-state index in [2.05, 4.69) is 25.0 Å². The fraction of sp³-hybridized carbons (Fsp3) is 0.417. The number of hydrogen-bond acceptors (Lipinski definition) is 8. The number of ether oxygens (including phenoxy) is 1. The molecular formula is C24H26F2N6O4. The van der Waals surface area contributed by atoms with Crippen LogP contribution in [0.3, 0.4) is 0 Å². The SMILES string of the molecule is COC(=O)c1nccc(C(C)Nc2ncnc3c2cc(C2(F)CCN(C(C)=O)CC2)c(=O)n3C)c1F. The summed E-state index contributed by atoms with van der Waals surface area (Å²) in [7, 11) is 2.63. The number of alkyl halides is 1. The van der Waals surface area contributed by atoms with Gasteiger partial charge in [-0.3, -0.25) is 14.2 Å². The summed E-state index contributed by atoms with van der Waals surface area (Å²) in [6.45, 7) is 3.48. The maximum absolute atomic E-state index is 16.1. The molecule has 0 aliphatic carbocycles. The maximum atomic E-state index is 16.1. The molecule has 1 aliphatic rings. The average Bonchev–Trinajstić information content (AvgIpc) is 2.86. The predicted molar refractivity (Wildman–Crippen MR) is 127 cm³/mol. The number of aryl methyl sites for hydroxylation is 1. The van der Waals surface area contributed by atoms with E-state index in [4.69, 9.17) is 0 Å². The van der Waals surface area contributed by atoms with Gasteiger partial charge in [0.05, 0.1) is 24.1 Å². The Hall–Kier alpha value is -3.96. The Labute approximate surface area is 205 Å². The highest BCUT2D eigenvalue weighted by Crippen LogP contribution is 2.37. The van der Waals surface area contributed by atoms with Crippen LogP contribution in [0.25, 0.3) is 11.0 Å². The van der Waals surface area contributed by atoms with Crippen LogP contribution in [0.5, 0.6) is 0 Å². The summed E-state index contributed by atoms with van der Waals surface area (Å²) in [4.78, 5) is 50.3. The number of esters is 1. The van der Waals surface area contributed by atoms with Gasteiger partial charge in [0, 0.05) is 51.7 Å². The number of aromatic nitrogens is 4. The summed E-state index contributed by atoms with van der Waals surface area (Å²) in [6.07, 6.45) is 2.51. The van der Waals surface area contributed by atoms with E-state index in [9.17, 15) is 18.8 Å². The third kappa shape index (κ3) is 4.38. The van der Waals surface area contributed by atoms with E-state index in [0.29, 0.717) is 5.39 Å². The Bertz CT molecular complexity index is 1400. The van der Waals surface area contributed by atoms with Gasteiger partial charge in [-0.2, -0.15) is 0 Å². The monoisotopic (exact) mass is 500 g/mol. The molecule has 36 heavy (non-hydrogen) atoms. The van der Waals surface area contributed by atoms with Gasteiger partial charge in [0.15, 0.2) is 11.5 Å². The molecule has 10 nitrogen and oxygen atoms in total. The number of anilines is 1. The van der Waals surface area contributed by atoms with Gasteiger partial charge in [0.25, 0.3) is 5.56 Å². The number of hydrogen-bond donors (Lipinski definition) is 1. The third-order valence-electron chi connectivity index (χ3n) is 6.61. The number of likely N-dealkylation sites (tertiary alicyclic amines) is 1. The second-order valence-corrected chi connectivity index (χ2v) is 8.77. The molecule has 0 bridgehead atoms. The molecule has 4 rings (SSSR count). The van der Waals surface area contributed by atoms with Gasteiger partial charge in [-0.05, 0) is 19.1 Å². The van der Waals surface area contributed by atoms with Crippen LogP contribution in [0.2, 0.25) is 0 Å². The van der Waals surface area contributed by atoms with Crippen molar-refractivity contribution in [3.8, 4) is 0 Å². The largest absolute Gasteiger partial charge is 0.464 e. The van der Waals surface area contributed by atoms with Crippen LogP contribution in [-0.2, 0) is 22.2 Å². The summed E-state index contributed by atoms with van der Waals surface area (Å²) in [5, 5.41) is 3.45. The number of halogens is 2. The van der Waals surface area contributed by atoms with Crippen molar-refractivity contribution in [3.05, 3.63) is 57.6 Å². The molecule has 3 aromatic heterocycles. The minimum atomic E-state index is -1.93. The van der Waals surface area contributed by atoms with Gasteiger partial charge in [-0.15, -0.1) is 0 Å². The summed E-state index contributed by atoms with van der Waals surface area (Å²) in [6, 6.07) is 2.16. The Morgan fingerprint density at radius 1 is 1.22 bits per heavy atom. The fourth-order valence-electron chi connectivity index (χ4n) is 4.47. The van der Waals surface area contributed by atoms with Crippen molar-refractivity contribution in [2.45, 2.75) is 38.4 Å². The Kier molecular flexibility index (Phi) is 6.70. The van der Waals surface area contributed by atoms with Crippen LogP contribution in [0.15, 0.2) is 29.5 Å². The molecule has 1 unspecified atom stereocenters. The van der Waals surface area contributed by atoms with Crippen molar-refractivity contribution < 1.29 is 23.1 Å². The fourth-order valence-corrected chi connectivity index (χ4v) is 4.47. The first-order chi connectivity index (χ1) is 17.1. The lowest BCUT2D eigenvalue weighted by molar-refractivity contribution is -0.131. The number of nitrogens with one attached hydrogen (secondary N) is 1. The first-order valence-electron chi connectivity index (χ1n) is 11.4. The van der Waals surface area contributed by atoms with Crippen LogP contribution in [0, 0.1) is 5.82 Å². The highest BCUT2D eigenvalue weighted by Gasteiger charge is 2.40. The van der Waals surface area contributed by atoms with E-state index < -0.39 is 34.8 Å². The maximum Gasteiger partial charge on any atom is 0.359 e. The standard InChI is InChI=1S/C24H26F2N6O4/c1-13(15-5-8-27-19(18(15)25)23(35)36-4)30-20-16-11-17(22(34)31(3)21(16)29-12-28-20)24(26)6-9-32(10-7-24)14(2)33/h5,8,11-13H,6-7,9-10H2,1-4H3,(H,28,29,30). The zero-order valence-electron chi connectivity index (χ0n) is 20.3. The Morgan fingerprint density at radius 3 is 2.56 bits per heavy atom. The van der Waals surface area contributed by atoms with Gasteiger partial charge in [0.2, 0.25) is 5.91 Å². The lowest BCUT2D eigenvalue weighted by Crippen LogP contribution is -2.45. The molecule has 4 heterocycles. The highest BCUT2D eigenvalue weighted by atomic mass is 19.1. The summed E-state index contributed by atoms with van der Waals surface area (Å²) in [5.41, 5.74) is -2.54. The number of carbonyl (C=O) groups excluding carboxylic acids is 2. The second kappa shape index (κ2) is 9.59. The van der Waals surface area contributed by atoms with Gasteiger partial charge in [-0.1, -0.05) is 0 Å². The van der Waals surface area contributed by atoms with Gasteiger partial charge in [0.1, 0.15) is 23.5 Å². The zero-order valence-corrected chi connectivity index (χ0v) is 20.3. The average molecular weight is 501 g/mol. The van der Waals surface area contributed by atoms with Gasteiger partial charge in [-0.25, -0.2) is 28.5 Å². The van der Waals surface area contributed by atoms with Crippen LogP contribution in [0.1, 0.15) is 54.3 Å². The molecule has 1 amide bonds. The minimum absolute atomic E-state index is 0.0152. The van der Waals surface area contributed by atoms with Crippen LogP contribution < -0.4 is 10.9 Å². The van der Waals surface area contributed by atoms with Crippen molar-refractivity contribution in [2.75, 3.05) is 25.5 Å². The van der Waals surface area contributed by atoms with E-state index in [-0.39, 0.29) is 54.4 Å². The molecule has 0 saturated carbocycles. The highest BCUT2D eigenvalue weighted by molar-refractivity contribution is 5.88. The summed E-state index contributed by atoms with van der Waals surface area (Å²) >= 11 is 0. The molecule has 0 aromatic carbocycles. The van der Waals surface area contributed by atoms with E-state index in [1.54, 1.807) is 11.8 Å². The number of carbonyl (C=O) groups is 2. The van der Waals surface area contributed by atoms with Crippen molar-refractivity contribution in [1.29, 1.82) is 0 Å². The second-order valence-electron chi connectivity index (χ2n) is 8.77. The number of pyridine rings is 2. The summed E-state index contributed by atoms with van der Waals surface area (Å²) in [5.74, 6) is -1.63.